The van der Waals surface area contributed by atoms with E-state index in [0.29, 0.717) is 0 Å². The summed E-state index contributed by atoms with van der Waals surface area (Å²) in [5.41, 5.74) is 0. The zero-order chi connectivity index (χ0) is 28.8. The van der Waals surface area contributed by atoms with Gasteiger partial charge in [0, 0.05) is 0 Å². The normalized spacial score (nSPS) is 11.2. The van der Waals surface area contributed by atoms with Gasteiger partial charge in [-0.25, -0.2) is 0 Å². The summed E-state index contributed by atoms with van der Waals surface area (Å²) in [6.45, 7) is 10.7. The van der Waals surface area contributed by atoms with Crippen LogP contribution in [0.1, 0.15) is 41.5 Å². The molecule has 37 heavy (non-hydrogen) atoms. The molecule has 0 bridgehead atoms. The molecule has 0 aromatic rings. The van der Waals surface area contributed by atoms with Crippen LogP contribution in [0.2, 0.25) is 0 Å². The largest absolute Gasteiger partial charge is 3.00 e. The van der Waals surface area contributed by atoms with Crippen LogP contribution < -0.4 is 10.2 Å². The molecule has 0 heterocycles. The van der Waals surface area contributed by atoms with Crippen LogP contribution in [0.4, 0.5) is 0 Å². The summed E-state index contributed by atoms with van der Waals surface area (Å²) in [4.78, 5) is 30.5. The van der Waals surface area contributed by atoms with Crippen molar-refractivity contribution in [2.24, 2.45) is 0 Å². The summed E-state index contributed by atoms with van der Waals surface area (Å²) < 4.78 is 62.4. The maximum Gasteiger partial charge on any atom is 3.00 e. The summed E-state index contributed by atoms with van der Waals surface area (Å²) >= 11 is 0. The van der Waals surface area contributed by atoms with E-state index in [2.05, 4.69) is 0 Å². The van der Waals surface area contributed by atoms with Crippen molar-refractivity contribution in [1.29, 1.82) is 0 Å². The van der Waals surface area contributed by atoms with Crippen LogP contribution in [0.5, 0.6) is 0 Å². The first-order valence-corrected chi connectivity index (χ1v) is 16.1. The number of rotatable bonds is 18. The van der Waals surface area contributed by atoms with Gasteiger partial charge < -0.3 is 52.1 Å². The van der Waals surface area contributed by atoms with Gasteiger partial charge in [0.25, 0.3) is 0 Å². The second-order valence-electron chi connectivity index (χ2n) is 5.95. The van der Waals surface area contributed by atoms with Crippen LogP contribution in [0.25, 0.3) is 0 Å². The van der Waals surface area contributed by atoms with Gasteiger partial charge in [0.15, 0.2) is 0 Å². The van der Waals surface area contributed by atoms with Gasteiger partial charge in [0.2, 0.25) is 0 Å². The minimum atomic E-state index is -3.44. The standard InChI is InChI=1S/3C6H13O5P.Al/c3*1-3-10-12(9,11-4-2)5-6(7)8;/h3*3-5H2,1-2H3,(H,7,8);/q;;;+3/p-2. The molecule has 0 saturated heterocycles. The summed E-state index contributed by atoms with van der Waals surface area (Å²) in [7, 11) is -10.2. The molecule has 0 atom stereocenters. The molecule has 15 nitrogen and oxygen atoms in total. The van der Waals surface area contributed by atoms with E-state index in [-0.39, 0.29) is 57.0 Å². The maximum absolute atomic E-state index is 11.4. The molecular formula is C18H37AlO15P3+. The Balaban J connectivity index is -0.000000218. The van der Waals surface area contributed by atoms with Crippen LogP contribution in [-0.2, 0) is 55.2 Å². The number of carbonyl (C=O) groups is 3. The van der Waals surface area contributed by atoms with E-state index in [1.165, 1.54) is 0 Å². The fraction of sp³-hybridized carbons (Fsp3) is 0.833. The summed E-state index contributed by atoms with van der Waals surface area (Å²) in [5, 5.41) is 28.6. The quantitative estimate of drug-likeness (QED) is 0.168. The molecule has 19 heteroatoms. The van der Waals surface area contributed by atoms with Crippen molar-refractivity contribution >= 4 is 58.1 Å². The molecule has 0 saturated carbocycles. The van der Waals surface area contributed by atoms with Gasteiger partial charge in [-0.05, 0) is 41.5 Å². The third-order valence-corrected chi connectivity index (χ3v) is 8.79. The minimum Gasteiger partial charge on any atom is -0.549 e. The Labute approximate surface area is 228 Å². The molecule has 0 fully saturated rings. The number of carboxylic acid groups (broad SMARTS) is 3. The van der Waals surface area contributed by atoms with Gasteiger partial charge in [-0.1, -0.05) is 0 Å². The van der Waals surface area contributed by atoms with E-state index in [9.17, 15) is 38.3 Å². The van der Waals surface area contributed by atoms with Crippen molar-refractivity contribution in [2.75, 3.05) is 58.1 Å². The van der Waals surface area contributed by atoms with Gasteiger partial charge in [0.05, 0.1) is 63.9 Å². The van der Waals surface area contributed by atoms with Crippen LogP contribution in [0, 0.1) is 0 Å². The Morgan fingerprint density at radius 1 is 0.541 bits per heavy atom. The van der Waals surface area contributed by atoms with Crippen molar-refractivity contribution in [3.05, 3.63) is 0 Å². The maximum atomic E-state index is 11.4. The molecule has 216 valence electrons. The number of carboxylic acids is 3. The Kier molecular flexibility index (Phi) is 28.7. The predicted molar refractivity (Wildman–Crippen MR) is 131 cm³/mol. The Bertz CT molecular complexity index is 648. The first-order chi connectivity index (χ1) is 16.6. The smallest absolute Gasteiger partial charge is 0.549 e. The molecule has 0 radical (unpaired) electrons. The van der Waals surface area contributed by atoms with Crippen molar-refractivity contribution in [2.45, 2.75) is 41.5 Å². The molecule has 0 aromatic heterocycles. The van der Waals surface area contributed by atoms with Crippen LogP contribution in [0.3, 0.4) is 0 Å². The van der Waals surface area contributed by atoms with E-state index in [4.69, 9.17) is 32.2 Å². The van der Waals surface area contributed by atoms with Crippen molar-refractivity contribution in [3.63, 3.8) is 0 Å². The molecule has 1 N–H and O–H groups in total. The van der Waals surface area contributed by atoms with Gasteiger partial charge in [-0.2, -0.15) is 0 Å². The van der Waals surface area contributed by atoms with E-state index >= 15 is 0 Å². The SMILES string of the molecule is CCOP(=O)(CC(=O)O)OCC.CCOP(=O)(CC(=O)[O-])OCC.CCOP(=O)(CC(=O)[O-])OCC.[Al+3]. The van der Waals surface area contributed by atoms with Crippen LogP contribution in [-0.4, -0.2) is 98.5 Å². The van der Waals surface area contributed by atoms with Gasteiger partial charge >= 0.3 is 46.1 Å². The third-order valence-electron chi connectivity index (χ3n) is 2.93. The number of hydrogen-bond acceptors (Lipinski definition) is 14. The molecule has 0 amide bonds. The van der Waals surface area contributed by atoms with Gasteiger partial charge in [0.1, 0.15) is 6.16 Å². The second kappa shape index (κ2) is 24.4. The second-order valence-corrected chi connectivity index (χ2v) is 12.1. The average molecular weight is 613 g/mol. The zero-order valence-corrected chi connectivity index (χ0v) is 25.8. The summed E-state index contributed by atoms with van der Waals surface area (Å²) in [6, 6.07) is 0. The molecule has 0 spiro atoms. The summed E-state index contributed by atoms with van der Waals surface area (Å²) in [5.74, 6) is -4.04. The molecule has 0 aliphatic rings. The Morgan fingerprint density at radius 3 is 0.865 bits per heavy atom. The molecule has 0 rings (SSSR count). The minimum absolute atomic E-state index is 0. The van der Waals surface area contributed by atoms with E-state index in [1.807, 2.05) is 0 Å². The molecule has 0 aromatic carbocycles. The number of carbonyl (C=O) groups excluding carboxylic acids is 2. The monoisotopic (exact) mass is 613 g/mol. The Hall–Kier alpha value is -0.608. The van der Waals surface area contributed by atoms with E-state index < -0.39 is 59.2 Å². The average Bonchev–Trinajstić information content (AvgIpc) is 2.67. The molecule has 0 aliphatic carbocycles. The predicted octanol–water partition coefficient (Wildman–Crippen LogP) is 0.961. The first-order valence-electron chi connectivity index (χ1n) is 10.9. The Morgan fingerprint density at radius 2 is 0.730 bits per heavy atom. The van der Waals surface area contributed by atoms with Gasteiger partial charge in [-0.15, -0.1) is 0 Å². The first kappa shape index (κ1) is 43.4. The molecular weight excluding hydrogens is 576 g/mol. The molecule has 0 aliphatic heterocycles. The fourth-order valence-electron chi connectivity index (χ4n) is 2.05. The zero-order valence-electron chi connectivity index (χ0n) is 21.9. The molecule has 0 unspecified atom stereocenters. The fourth-order valence-corrected chi connectivity index (χ4v) is 6.14. The van der Waals surface area contributed by atoms with Crippen LogP contribution >= 0.6 is 22.8 Å². The van der Waals surface area contributed by atoms with E-state index in [1.54, 1.807) is 41.5 Å². The van der Waals surface area contributed by atoms with E-state index in [0.717, 1.165) is 0 Å². The van der Waals surface area contributed by atoms with Crippen molar-refractivity contribution < 1.29 is 70.5 Å². The van der Waals surface area contributed by atoms with Gasteiger partial charge in [-0.3, -0.25) is 18.5 Å². The van der Waals surface area contributed by atoms with Crippen LogP contribution in [0.15, 0.2) is 0 Å². The topological polar surface area (TPSA) is 224 Å². The third kappa shape index (κ3) is 26.8. The summed E-state index contributed by atoms with van der Waals surface area (Å²) in [6.07, 6.45) is -1.95. The van der Waals surface area contributed by atoms with Crippen molar-refractivity contribution in [1.82, 2.24) is 0 Å². The number of hydrogen-bond donors (Lipinski definition) is 1. The number of aliphatic carboxylic acids is 3. The van der Waals surface area contributed by atoms with Crippen molar-refractivity contribution in [3.8, 4) is 0 Å².